The molecule has 0 aliphatic rings. The molecule has 7 heteroatoms. The Bertz CT molecular complexity index is 612. The summed E-state index contributed by atoms with van der Waals surface area (Å²) in [4.78, 5) is 26.8. The molecular formula is C11H8ClN3O2S. The number of hydrogen-bond donors (Lipinski definition) is 2. The van der Waals surface area contributed by atoms with Crippen LogP contribution in [0.4, 0.5) is 5.00 Å². The first kappa shape index (κ1) is 12.5. The van der Waals surface area contributed by atoms with Crippen LogP contribution in [0.5, 0.6) is 0 Å². The van der Waals surface area contributed by atoms with Crippen molar-refractivity contribution < 1.29 is 9.59 Å². The highest BCUT2D eigenvalue weighted by molar-refractivity contribution is 7.14. The summed E-state index contributed by atoms with van der Waals surface area (Å²) in [5, 5.41) is 4.86. The lowest BCUT2D eigenvalue weighted by molar-refractivity contribution is 0.100. The molecule has 18 heavy (non-hydrogen) atoms. The van der Waals surface area contributed by atoms with Gasteiger partial charge in [0, 0.05) is 0 Å². The Kier molecular flexibility index (Phi) is 3.59. The van der Waals surface area contributed by atoms with E-state index in [0.717, 1.165) is 0 Å². The summed E-state index contributed by atoms with van der Waals surface area (Å²) >= 11 is 6.90. The molecule has 0 saturated heterocycles. The standard InChI is InChI=1S/C11H8ClN3O2S/c12-8-3-1-2-7(14-8)10(17)15-11-6(9(13)16)4-5-18-11/h1-5H,(H2,13,16)(H,15,17). The van der Waals surface area contributed by atoms with Crippen molar-refractivity contribution >= 4 is 39.8 Å². The number of anilines is 1. The smallest absolute Gasteiger partial charge is 0.274 e. The maximum Gasteiger partial charge on any atom is 0.274 e. The minimum atomic E-state index is -0.592. The number of pyridine rings is 1. The van der Waals surface area contributed by atoms with E-state index in [-0.39, 0.29) is 16.4 Å². The summed E-state index contributed by atoms with van der Waals surface area (Å²) in [6.45, 7) is 0. The number of halogens is 1. The van der Waals surface area contributed by atoms with Gasteiger partial charge in [0.1, 0.15) is 15.8 Å². The lowest BCUT2D eigenvalue weighted by Crippen LogP contribution is -2.17. The second-order valence-corrected chi connectivity index (χ2v) is 4.63. The Morgan fingerprint density at radius 1 is 1.33 bits per heavy atom. The third-order valence-electron chi connectivity index (χ3n) is 2.11. The predicted octanol–water partition coefficient (Wildman–Crippen LogP) is 2.15. The van der Waals surface area contributed by atoms with Crippen molar-refractivity contribution in [2.24, 2.45) is 5.73 Å². The number of thiophene rings is 1. The highest BCUT2D eigenvalue weighted by atomic mass is 35.5. The fraction of sp³-hybridized carbons (Fsp3) is 0. The molecule has 5 nitrogen and oxygen atoms in total. The number of hydrogen-bond acceptors (Lipinski definition) is 4. The molecule has 2 heterocycles. The van der Waals surface area contributed by atoms with Crippen molar-refractivity contribution in [1.82, 2.24) is 4.98 Å². The van der Waals surface area contributed by atoms with Crippen molar-refractivity contribution in [3.8, 4) is 0 Å². The first-order chi connectivity index (χ1) is 8.58. The van der Waals surface area contributed by atoms with Gasteiger partial charge in [0.2, 0.25) is 0 Å². The van der Waals surface area contributed by atoms with Gasteiger partial charge in [-0.15, -0.1) is 11.3 Å². The number of aromatic nitrogens is 1. The summed E-state index contributed by atoms with van der Waals surface area (Å²) in [5.74, 6) is -1.03. The van der Waals surface area contributed by atoms with Crippen molar-refractivity contribution in [1.29, 1.82) is 0 Å². The molecule has 3 N–H and O–H groups in total. The maximum absolute atomic E-state index is 11.9. The molecule has 0 unspecified atom stereocenters. The Morgan fingerprint density at radius 2 is 2.11 bits per heavy atom. The number of carbonyl (C=O) groups excluding carboxylic acids is 2. The van der Waals surface area contributed by atoms with Crippen LogP contribution in [0.15, 0.2) is 29.6 Å². The number of rotatable bonds is 3. The molecule has 0 saturated carbocycles. The van der Waals surface area contributed by atoms with Gasteiger partial charge in [0.15, 0.2) is 0 Å². The van der Waals surface area contributed by atoms with Gasteiger partial charge in [-0.2, -0.15) is 0 Å². The average Bonchev–Trinajstić information content (AvgIpc) is 2.77. The molecule has 2 aromatic heterocycles. The Balaban J connectivity index is 2.21. The summed E-state index contributed by atoms with van der Waals surface area (Å²) < 4.78 is 0. The van der Waals surface area contributed by atoms with Crippen LogP contribution in [0.25, 0.3) is 0 Å². The minimum Gasteiger partial charge on any atom is -0.366 e. The first-order valence-electron chi connectivity index (χ1n) is 4.89. The number of nitrogens with one attached hydrogen (secondary N) is 1. The lowest BCUT2D eigenvalue weighted by atomic mass is 10.3. The van der Waals surface area contributed by atoms with Crippen LogP contribution in [0.1, 0.15) is 20.8 Å². The van der Waals surface area contributed by atoms with E-state index in [2.05, 4.69) is 10.3 Å². The third-order valence-corrected chi connectivity index (χ3v) is 3.15. The van der Waals surface area contributed by atoms with E-state index in [1.165, 1.54) is 17.4 Å². The van der Waals surface area contributed by atoms with E-state index in [4.69, 9.17) is 17.3 Å². The lowest BCUT2D eigenvalue weighted by Gasteiger charge is -2.04. The van der Waals surface area contributed by atoms with Crippen LogP contribution < -0.4 is 11.1 Å². The number of carbonyl (C=O) groups is 2. The molecule has 2 rings (SSSR count). The summed E-state index contributed by atoms with van der Waals surface area (Å²) in [6, 6.07) is 6.26. The summed E-state index contributed by atoms with van der Waals surface area (Å²) in [5.41, 5.74) is 5.62. The molecule has 0 bridgehead atoms. The zero-order chi connectivity index (χ0) is 13.1. The third kappa shape index (κ3) is 2.66. The zero-order valence-electron chi connectivity index (χ0n) is 9.01. The topological polar surface area (TPSA) is 85.1 Å². The van der Waals surface area contributed by atoms with Crippen LogP contribution in [0, 0.1) is 0 Å². The molecule has 92 valence electrons. The Labute approximate surface area is 112 Å². The van der Waals surface area contributed by atoms with Crippen molar-refractivity contribution in [3.63, 3.8) is 0 Å². The van der Waals surface area contributed by atoms with Crippen LogP contribution >= 0.6 is 22.9 Å². The van der Waals surface area contributed by atoms with Crippen molar-refractivity contribution in [3.05, 3.63) is 46.1 Å². The molecule has 0 aliphatic heterocycles. The van der Waals surface area contributed by atoms with Crippen LogP contribution in [-0.2, 0) is 0 Å². The van der Waals surface area contributed by atoms with Crippen LogP contribution in [0.3, 0.4) is 0 Å². The molecule has 2 amide bonds. The van der Waals surface area contributed by atoms with E-state index in [9.17, 15) is 9.59 Å². The Morgan fingerprint density at radius 3 is 2.78 bits per heavy atom. The van der Waals surface area contributed by atoms with E-state index < -0.39 is 11.8 Å². The van der Waals surface area contributed by atoms with Crippen LogP contribution in [0.2, 0.25) is 5.15 Å². The maximum atomic E-state index is 11.9. The average molecular weight is 282 g/mol. The second-order valence-electron chi connectivity index (χ2n) is 3.33. The Hall–Kier alpha value is -1.92. The molecule has 0 aromatic carbocycles. The molecule has 0 aliphatic carbocycles. The normalized spacial score (nSPS) is 10.1. The van der Waals surface area contributed by atoms with E-state index in [1.54, 1.807) is 23.6 Å². The largest absolute Gasteiger partial charge is 0.366 e. The summed E-state index contributed by atoms with van der Waals surface area (Å²) in [6.07, 6.45) is 0. The molecule has 0 spiro atoms. The second kappa shape index (κ2) is 5.16. The quantitative estimate of drug-likeness (QED) is 0.845. The molecule has 0 radical (unpaired) electrons. The highest BCUT2D eigenvalue weighted by Crippen LogP contribution is 2.23. The van der Waals surface area contributed by atoms with Gasteiger partial charge in [-0.1, -0.05) is 17.7 Å². The van der Waals surface area contributed by atoms with Gasteiger partial charge in [0.25, 0.3) is 11.8 Å². The van der Waals surface area contributed by atoms with Gasteiger partial charge in [-0.05, 0) is 23.6 Å². The fourth-order valence-electron chi connectivity index (χ4n) is 1.30. The molecule has 0 atom stereocenters. The number of nitrogens with zero attached hydrogens (tertiary/aromatic N) is 1. The molecular weight excluding hydrogens is 274 g/mol. The zero-order valence-corrected chi connectivity index (χ0v) is 10.6. The monoisotopic (exact) mass is 281 g/mol. The molecule has 2 aromatic rings. The van der Waals surface area contributed by atoms with E-state index in [0.29, 0.717) is 5.00 Å². The predicted molar refractivity (Wildman–Crippen MR) is 70.0 cm³/mol. The minimum absolute atomic E-state index is 0.173. The van der Waals surface area contributed by atoms with Gasteiger partial charge >= 0.3 is 0 Å². The van der Waals surface area contributed by atoms with Crippen LogP contribution in [-0.4, -0.2) is 16.8 Å². The summed E-state index contributed by atoms with van der Waals surface area (Å²) in [7, 11) is 0. The highest BCUT2D eigenvalue weighted by Gasteiger charge is 2.14. The van der Waals surface area contributed by atoms with Crippen molar-refractivity contribution in [2.45, 2.75) is 0 Å². The van der Waals surface area contributed by atoms with Gasteiger partial charge in [-0.3, -0.25) is 9.59 Å². The van der Waals surface area contributed by atoms with Gasteiger partial charge in [-0.25, -0.2) is 4.98 Å². The van der Waals surface area contributed by atoms with Gasteiger partial charge in [0.05, 0.1) is 5.56 Å². The van der Waals surface area contributed by atoms with Crippen molar-refractivity contribution in [2.75, 3.05) is 5.32 Å². The fourth-order valence-corrected chi connectivity index (χ4v) is 2.25. The number of amides is 2. The first-order valence-corrected chi connectivity index (χ1v) is 6.15. The number of primary amides is 1. The SMILES string of the molecule is NC(=O)c1ccsc1NC(=O)c1cccc(Cl)n1. The number of nitrogens with two attached hydrogens (primary N) is 1. The molecule has 0 fully saturated rings. The van der Waals surface area contributed by atoms with Gasteiger partial charge < -0.3 is 11.1 Å². The van der Waals surface area contributed by atoms with E-state index in [1.807, 2.05) is 0 Å². The van der Waals surface area contributed by atoms with E-state index >= 15 is 0 Å².